The van der Waals surface area contributed by atoms with E-state index in [0.29, 0.717) is 0 Å². The van der Waals surface area contributed by atoms with Gasteiger partial charge in [0.15, 0.2) is 0 Å². The smallest absolute Gasteiger partial charge is 0.0730 e. The van der Waals surface area contributed by atoms with Crippen LogP contribution in [-0.4, -0.2) is 0 Å². The quantitative estimate of drug-likeness (QED) is 0.172. The van der Waals surface area contributed by atoms with Gasteiger partial charge in [-0.15, -0.1) is 0 Å². The summed E-state index contributed by atoms with van der Waals surface area (Å²) in [5.41, 5.74) is 15.6. The number of fused-ring (bicyclic) bond motifs is 10. The van der Waals surface area contributed by atoms with Gasteiger partial charge in [0, 0.05) is 26.5 Å². The fourth-order valence-corrected chi connectivity index (χ4v) is 11.4. The Labute approximate surface area is 345 Å². The molecule has 9 aromatic carbocycles. The summed E-state index contributed by atoms with van der Waals surface area (Å²) in [6.07, 6.45) is 0. The van der Waals surface area contributed by atoms with Crippen molar-refractivity contribution in [3.05, 3.63) is 246 Å². The Hall–Kier alpha value is -6.61. The van der Waals surface area contributed by atoms with Crippen molar-refractivity contribution in [2.45, 2.75) is 34.5 Å². The first kappa shape index (κ1) is 34.6. The predicted molar refractivity (Wildman–Crippen MR) is 244 cm³/mol. The molecule has 58 heavy (non-hydrogen) atoms. The molecule has 0 bridgehead atoms. The van der Waals surface area contributed by atoms with Crippen LogP contribution in [0.5, 0.6) is 0 Å². The van der Waals surface area contributed by atoms with E-state index in [2.05, 4.69) is 231 Å². The van der Waals surface area contributed by atoms with Crippen molar-refractivity contribution >= 4 is 39.6 Å². The van der Waals surface area contributed by atoms with Gasteiger partial charge in [-0.25, -0.2) is 0 Å². The van der Waals surface area contributed by atoms with E-state index in [9.17, 15) is 0 Å². The van der Waals surface area contributed by atoms with Gasteiger partial charge < -0.3 is 4.90 Å². The van der Waals surface area contributed by atoms with E-state index in [1.807, 2.05) is 11.8 Å². The molecule has 1 unspecified atom stereocenters. The zero-order chi connectivity index (χ0) is 38.8. The average Bonchev–Trinajstić information content (AvgIpc) is 3.29. The largest absolute Gasteiger partial charge is 0.309 e. The fourth-order valence-electron chi connectivity index (χ4n) is 10.1. The molecule has 1 aliphatic heterocycles. The van der Waals surface area contributed by atoms with Gasteiger partial charge in [0.05, 0.1) is 16.8 Å². The molecule has 276 valence electrons. The first-order valence-electron chi connectivity index (χ1n) is 20.2. The number of para-hydroxylation sites is 1. The maximum Gasteiger partial charge on any atom is 0.0730 e. The zero-order valence-electron chi connectivity index (χ0n) is 32.6. The highest BCUT2D eigenvalue weighted by molar-refractivity contribution is 7.99. The van der Waals surface area contributed by atoms with Gasteiger partial charge in [-0.1, -0.05) is 208 Å². The van der Waals surface area contributed by atoms with Crippen LogP contribution in [0.2, 0.25) is 0 Å². The van der Waals surface area contributed by atoms with Crippen LogP contribution in [0.15, 0.2) is 222 Å². The molecule has 11 rings (SSSR count). The topological polar surface area (TPSA) is 3.24 Å². The van der Waals surface area contributed by atoms with Crippen LogP contribution < -0.4 is 4.90 Å². The highest BCUT2D eigenvalue weighted by Crippen LogP contribution is 2.64. The summed E-state index contributed by atoms with van der Waals surface area (Å²) >= 11 is 1.91. The normalized spacial score (nSPS) is 15.9. The van der Waals surface area contributed by atoms with Crippen molar-refractivity contribution in [2.75, 3.05) is 4.90 Å². The summed E-state index contributed by atoms with van der Waals surface area (Å²) < 4.78 is 0. The molecular weight excluding hydrogens is 719 g/mol. The molecule has 0 N–H and O–H groups in total. The molecule has 0 saturated heterocycles. The van der Waals surface area contributed by atoms with Gasteiger partial charge >= 0.3 is 0 Å². The summed E-state index contributed by atoms with van der Waals surface area (Å²) in [5.74, 6) is 0. The van der Waals surface area contributed by atoms with Gasteiger partial charge in [-0.05, 0) is 91.2 Å². The summed E-state index contributed by atoms with van der Waals surface area (Å²) in [6, 6.07) is 78.7. The van der Waals surface area contributed by atoms with Crippen molar-refractivity contribution in [1.29, 1.82) is 0 Å². The van der Waals surface area contributed by atoms with Crippen LogP contribution in [0.3, 0.4) is 0 Å². The number of nitrogens with zero attached hydrogens (tertiary/aromatic N) is 1. The van der Waals surface area contributed by atoms with E-state index < -0.39 is 5.41 Å². The Morgan fingerprint density at radius 2 is 0.983 bits per heavy atom. The van der Waals surface area contributed by atoms with Crippen molar-refractivity contribution in [1.82, 2.24) is 0 Å². The Kier molecular flexibility index (Phi) is 8.06. The van der Waals surface area contributed by atoms with E-state index in [1.165, 1.54) is 76.2 Å². The summed E-state index contributed by atoms with van der Waals surface area (Å²) in [6.45, 7) is 4.85. The molecule has 0 fully saturated rings. The van der Waals surface area contributed by atoms with Crippen LogP contribution in [-0.2, 0) is 10.8 Å². The monoisotopic (exact) mass is 759 g/mol. The van der Waals surface area contributed by atoms with Crippen molar-refractivity contribution < 1.29 is 0 Å². The third kappa shape index (κ3) is 5.11. The molecule has 2 aliphatic rings. The molecule has 1 atom stereocenters. The maximum absolute atomic E-state index is 2.50. The number of hydrogen-bond donors (Lipinski definition) is 0. The van der Waals surface area contributed by atoms with Crippen LogP contribution in [0.4, 0.5) is 17.1 Å². The number of anilines is 3. The van der Waals surface area contributed by atoms with Crippen molar-refractivity contribution in [3.63, 3.8) is 0 Å². The van der Waals surface area contributed by atoms with Gasteiger partial charge in [-0.3, -0.25) is 0 Å². The molecule has 0 radical (unpaired) electrons. The second kappa shape index (κ2) is 13.5. The zero-order valence-corrected chi connectivity index (χ0v) is 33.4. The van der Waals surface area contributed by atoms with Gasteiger partial charge in [-0.2, -0.15) is 0 Å². The molecule has 1 nitrogen and oxygen atoms in total. The number of hydrogen-bond acceptors (Lipinski definition) is 2. The molecule has 2 heteroatoms. The highest BCUT2D eigenvalue weighted by Gasteiger charge is 2.53. The lowest BCUT2D eigenvalue weighted by molar-refractivity contribution is 0.554. The third-order valence-corrected chi connectivity index (χ3v) is 13.8. The van der Waals surface area contributed by atoms with E-state index in [0.717, 1.165) is 17.1 Å². The van der Waals surface area contributed by atoms with Crippen molar-refractivity contribution in [3.8, 4) is 22.3 Å². The van der Waals surface area contributed by atoms with E-state index in [-0.39, 0.29) is 5.41 Å². The summed E-state index contributed by atoms with van der Waals surface area (Å²) in [4.78, 5) is 5.06. The lowest BCUT2D eigenvalue weighted by Crippen LogP contribution is -2.43. The Balaban J connectivity index is 1.23. The molecule has 1 heterocycles. The first-order chi connectivity index (χ1) is 28.5. The second-order valence-electron chi connectivity index (χ2n) is 16.0. The molecule has 1 aliphatic carbocycles. The van der Waals surface area contributed by atoms with Crippen molar-refractivity contribution in [2.24, 2.45) is 0 Å². The molecule has 0 amide bonds. The minimum Gasteiger partial charge on any atom is -0.309 e. The minimum atomic E-state index is -0.555. The number of rotatable bonds is 5. The number of benzene rings is 9. The SMILES string of the molecule is CC1(C)c2ccccc2C2(c3ccccc3Sc3c(N(c4ccc(-c5ccccc5)cc4)c4ccccc4-c4ccccc4)cccc32)c2ccc3ccccc3c21. The van der Waals surface area contributed by atoms with Gasteiger partial charge in [0.25, 0.3) is 0 Å². The van der Waals surface area contributed by atoms with E-state index >= 15 is 0 Å². The van der Waals surface area contributed by atoms with Crippen LogP contribution in [0, 0.1) is 0 Å². The van der Waals surface area contributed by atoms with Gasteiger partial charge in [0.2, 0.25) is 0 Å². The van der Waals surface area contributed by atoms with Gasteiger partial charge in [0.1, 0.15) is 0 Å². The molecule has 0 aromatic heterocycles. The van der Waals surface area contributed by atoms with Crippen LogP contribution in [0.25, 0.3) is 33.0 Å². The summed E-state index contributed by atoms with van der Waals surface area (Å²) in [5, 5.41) is 2.60. The molecule has 0 saturated carbocycles. The Bertz CT molecular complexity index is 3000. The lowest BCUT2D eigenvalue weighted by atomic mass is 9.53. The van der Waals surface area contributed by atoms with Crippen LogP contribution >= 0.6 is 11.8 Å². The Morgan fingerprint density at radius 3 is 1.78 bits per heavy atom. The minimum absolute atomic E-state index is 0.226. The third-order valence-electron chi connectivity index (χ3n) is 12.6. The van der Waals surface area contributed by atoms with E-state index in [1.54, 1.807) is 0 Å². The van der Waals surface area contributed by atoms with Crippen LogP contribution in [0.1, 0.15) is 47.2 Å². The Morgan fingerprint density at radius 1 is 0.397 bits per heavy atom. The predicted octanol–water partition coefficient (Wildman–Crippen LogP) is 15.1. The lowest BCUT2D eigenvalue weighted by Gasteiger charge is -2.51. The first-order valence-corrected chi connectivity index (χ1v) is 21.0. The summed E-state index contributed by atoms with van der Waals surface area (Å²) in [7, 11) is 0. The molecular formula is C56H41NS. The second-order valence-corrected chi connectivity index (χ2v) is 17.1. The molecule has 1 spiro atoms. The fraction of sp³-hybridized carbons (Fsp3) is 0.0714. The maximum atomic E-state index is 2.50. The molecule has 9 aromatic rings. The highest BCUT2D eigenvalue weighted by atomic mass is 32.2. The average molecular weight is 760 g/mol. The standard InChI is InChI=1S/C56H41NS/c1-55(2)45-25-12-13-26-46(45)56(48-37-34-41-22-9-10-24-44(41)53(48)55)47-27-14-16-31-52(47)58-54-49(56)28-17-30-51(54)57(42-35-32-39(33-36-42)38-18-5-3-6-19-38)50-29-15-11-23-43(50)40-20-7-4-8-21-40/h3-37H,1-2H3. The van der Waals surface area contributed by atoms with E-state index in [4.69, 9.17) is 0 Å².